The molecule has 0 N–H and O–H groups in total. The Bertz CT molecular complexity index is 981. The minimum atomic E-state index is -0.635. The largest absolute Gasteiger partial charge is 0.466 e. The molecule has 0 spiro atoms. The summed E-state index contributed by atoms with van der Waals surface area (Å²) >= 11 is 0. The van der Waals surface area contributed by atoms with Crippen LogP contribution in [-0.2, 0) is 30.3 Å². The number of rotatable bonds is 15. The summed E-state index contributed by atoms with van der Waals surface area (Å²) in [5.41, 5.74) is 1.37. The van der Waals surface area contributed by atoms with Crippen molar-refractivity contribution in [1.82, 2.24) is 24.5 Å². The van der Waals surface area contributed by atoms with E-state index in [9.17, 15) is 14.4 Å². The van der Waals surface area contributed by atoms with Gasteiger partial charge in [0, 0.05) is 72.0 Å². The Morgan fingerprint density at radius 1 is 0.857 bits per heavy atom. The van der Waals surface area contributed by atoms with Gasteiger partial charge in [-0.3, -0.25) is 24.3 Å². The predicted octanol–water partition coefficient (Wildman–Crippen LogP) is 1.91. The van der Waals surface area contributed by atoms with Gasteiger partial charge in [-0.05, 0) is 38.8 Å². The van der Waals surface area contributed by atoms with Crippen LogP contribution in [0.1, 0.15) is 38.7 Å². The van der Waals surface area contributed by atoms with Crippen LogP contribution >= 0.6 is 0 Å². The molecule has 1 amide bonds. The molecule has 0 aliphatic carbocycles. The van der Waals surface area contributed by atoms with Crippen LogP contribution in [0.4, 0.5) is 4.79 Å². The first-order valence-electron chi connectivity index (χ1n) is 15.7. The van der Waals surface area contributed by atoms with Crippen molar-refractivity contribution in [3.63, 3.8) is 0 Å². The summed E-state index contributed by atoms with van der Waals surface area (Å²) in [6.07, 6.45) is 1.67. The lowest BCUT2D eigenvalue weighted by atomic mass is 10.1. The van der Waals surface area contributed by atoms with Crippen LogP contribution in [0.25, 0.3) is 0 Å². The van der Waals surface area contributed by atoms with E-state index >= 15 is 0 Å². The van der Waals surface area contributed by atoms with Crippen LogP contribution < -0.4 is 0 Å². The molecule has 3 fully saturated rings. The number of carbonyl (C=O) groups is 3. The molecule has 1 aromatic rings. The molecule has 234 valence electrons. The highest BCUT2D eigenvalue weighted by Gasteiger charge is 2.35. The molecule has 4 rings (SSSR count). The highest BCUT2D eigenvalue weighted by molar-refractivity contribution is 5.82. The van der Waals surface area contributed by atoms with Crippen LogP contribution in [0, 0.1) is 0 Å². The van der Waals surface area contributed by atoms with Gasteiger partial charge in [0.1, 0.15) is 12.1 Å². The molecular weight excluding hydrogens is 538 g/mol. The number of cyclic esters (lactones) is 1. The van der Waals surface area contributed by atoms with Gasteiger partial charge in [-0.2, -0.15) is 0 Å². The van der Waals surface area contributed by atoms with Crippen molar-refractivity contribution >= 4 is 18.0 Å². The molecule has 11 heteroatoms. The number of benzene rings is 1. The third-order valence-corrected chi connectivity index (χ3v) is 8.35. The molecule has 2 unspecified atom stereocenters. The number of unbranched alkanes of at least 4 members (excludes halogenated alkanes) is 1. The maximum Gasteiger partial charge on any atom is 0.410 e. The molecule has 3 aliphatic rings. The van der Waals surface area contributed by atoms with Gasteiger partial charge in [-0.1, -0.05) is 30.3 Å². The van der Waals surface area contributed by atoms with Gasteiger partial charge in [0.15, 0.2) is 0 Å². The number of carbonyl (C=O) groups excluding carboxylic acids is 3. The average molecular weight is 588 g/mol. The summed E-state index contributed by atoms with van der Waals surface area (Å²) in [6.45, 7) is 15.3. The van der Waals surface area contributed by atoms with Gasteiger partial charge < -0.3 is 24.0 Å². The Balaban J connectivity index is 1.10. The molecule has 42 heavy (non-hydrogen) atoms. The van der Waals surface area contributed by atoms with Crippen molar-refractivity contribution in [3.05, 3.63) is 35.9 Å². The topological polar surface area (TPSA) is 95.1 Å². The molecule has 0 radical (unpaired) electrons. The fourth-order valence-corrected chi connectivity index (χ4v) is 6.03. The third-order valence-electron chi connectivity index (χ3n) is 8.35. The van der Waals surface area contributed by atoms with E-state index in [4.69, 9.17) is 14.2 Å². The molecule has 11 nitrogen and oxygen atoms in total. The fourth-order valence-electron chi connectivity index (χ4n) is 6.03. The zero-order valence-electron chi connectivity index (χ0n) is 25.5. The minimum absolute atomic E-state index is 0.00760. The van der Waals surface area contributed by atoms with Gasteiger partial charge in [0.05, 0.1) is 26.2 Å². The van der Waals surface area contributed by atoms with Crippen LogP contribution in [0.15, 0.2) is 30.3 Å². The molecular formula is C31H49N5O6. The zero-order valence-corrected chi connectivity index (χ0v) is 25.5. The Morgan fingerprint density at radius 3 is 2.19 bits per heavy atom. The third kappa shape index (κ3) is 9.93. The van der Waals surface area contributed by atoms with Crippen LogP contribution in [0.5, 0.6) is 0 Å². The number of hydrogen-bond donors (Lipinski definition) is 0. The Kier molecular flexibility index (Phi) is 12.9. The molecule has 1 aromatic carbocycles. The molecule has 3 saturated heterocycles. The summed E-state index contributed by atoms with van der Waals surface area (Å²) in [7, 11) is 0. The lowest BCUT2D eigenvalue weighted by Crippen LogP contribution is -2.54. The summed E-state index contributed by atoms with van der Waals surface area (Å²) in [6, 6.07) is 10.0. The summed E-state index contributed by atoms with van der Waals surface area (Å²) in [4.78, 5) is 48.3. The standard InChI is InChI=1S/C31H49N5O6/c1-3-40-29(37)22-28(30(38)41-4-2)35-20-18-34(19-21-35)24-27-25-36(31(39)42-27)13-9-8-12-32-14-16-33(17-15-32)23-26-10-6-5-7-11-26/h5-7,10-11,27-28H,3-4,8-9,12-25H2,1-2H3. The van der Waals surface area contributed by atoms with Gasteiger partial charge in [0.2, 0.25) is 0 Å². The van der Waals surface area contributed by atoms with E-state index in [-0.39, 0.29) is 37.8 Å². The van der Waals surface area contributed by atoms with Gasteiger partial charge >= 0.3 is 18.0 Å². The molecule has 0 saturated carbocycles. The van der Waals surface area contributed by atoms with Crippen LogP contribution in [0.3, 0.4) is 0 Å². The van der Waals surface area contributed by atoms with Gasteiger partial charge in [-0.15, -0.1) is 0 Å². The van der Waals surface area contributed by atoms with Gasteiger partial charge in [-0.25, -0.2) is 4.79 Å². The summed E-state index contributed by atoms with van der Waals surface area (Å²) in [5, 5.41) is 0. The summed E-state index contributed by atoms with van der Waals surface area (Å²) < 4.78 is 16.0. The predicted molar refractivity (Wildman–Crippen MR) is 159 cm³/mol. The number of amides is 1. The number of esters is 2. The smallest absolute Gasteiger partial charge is 0.410 e. The lowest BCUT2D eigenvalue weighted by molar-refractivity contribution is -0.157. The van der Waals surface area contributed by atoms with E-state index in [1.165, 1.54) is 5.56 Å². The molecule has 0 bridgehead atoms. The van der Waals surface area contributed by atoms with E-state index in [0.717, 1.165) is 71.7 Å². The maximum atomic E-state index is 12.5. The molecule has 3 heterocycles. The van der Waals surface area contributed by atoms with Crippen molar-refractivity contribution in [1.29, 1.82) is 0 Å². The minimum Gasteiger partial charge on any atom is -0.466 e. The number of ether oxygens (including phenoxy) is 3. The highest BCUT2D eigenvalue weighted by Crippen LogP contribution is 2.17. The van der Waals surface area contributed by atoms with Crippen LogP contribution in [0.2, 0.25) is 0 Å². The maximum absolute atomic E-state index is 12.5. The average Bonchev–Trinajstić information content (AvgIpc) is 3.34. The first-order chi connectivity index (χ1) is 20.4. The second-order valence-corrected chi connectivity index (χ2v) is 11.4. The van der Waals surface area contributed by atoms with E-state index in [0.29, 0.717) is 26.2 Å². The second-order valence-electron chi connectivity index (χ2n) is 11.4. The van der Waals surface area contributed by atoms with Crippen molar-refractivity contribution in [2.24, 2.45) is 0 Å². The highest BCUT2D eigenvalue weighted by atomic mass is 16.6. The SMILES string of the molecule is CCOC(=O)CC(C(=O)OCC)N1CCN(CC2CN(CCCCN3CCN(Cc4ccccc4)CC3)C(=O)O2)CC1. The Hall–Kier alpha value is -2.73. The zero-order chi connectivity index (χ0) is 29.7. The van der Waals surface area contributed by atoms with Crippen molar-refractivity contribution in [2.75, 3.05) is 91.8 Å². The normalized spacial score (nSPS) is 21.7. The number of hydrogen-bond acceptors (Lipinski definition) is 10. The first-order valence-corrected chi connectivity index (χ1v) is 15.7. The van der Waals surface area contributed by atoms with Crippen molar-refractivity contribution in [3.8, 4) is 0 Å². The number of piperazine rings is 2. The monoisotopic (exact) mass is 587 g/mol. The molecule has 2 atom stereocenters. The van der Waals surface area contributed by atoms with E-state index in [2.05, 4.69) is 45.0 Å². The lowest BCUT2D eigenvalue weighted by Gasteiger charge is -2.38. The van der Waals surface area contributed by atoms with Gasteiger partial charge in [0.25, 0.3) is 0 Å². The molecule has 0 aromatic heterocycles. The Labute approximate surface area is 250 Å². The van der Waals surface area contributed by atoms with E-state index < -0.39 is 12.0 Å². The quantitative estimate of drug-likeness (QED) is 0.172. The van der Waals surface area contributed by atoms with Crippen molar-refractivity contribution < 1.29 is 28.6 Å². The van der Waals surface area contributed by atoms with E-state index in [1.807, 2.05) is 9.80 Å². The Morgan fingerprint density at radius 2 is 1.50 bits per heavy atom. The fraction of sp³-hybridized carbons (Fsp3) is 0.710. The van der Waals surface area contributed by atoms with Crippen LogP contribution in [-0.4, -0.2) is 146 Å². The number of nitrogens with zero attached hydrogens (tertiary/aromatic N) is 5. The summed E-state index contributed by atoms with van der Waals surface area (Å²) in [5.74, 6) is -0.776. The first kappa shape index (κ1) is 32.2. The van der Waals surface area contributed by atoms with E-state index in [1.54, 1.807) is 13.8 Å². The second kappa shape index (κ2) is 16.8. The molecule has 3 aliphatic heterocycles. The van der Waals surface area contributed by atoms with Crippen molar-refractivity contribution in [2.45, 2.75) is 51.8 Å².